The first-order valence-electron chi connectivity index (χ1n) is 4.86. The predicted molar refractivity (Wildman–Crippen MR) is 81.0 cm³/mol. The lowest BCUT2D eigenvalue weighted by Gasteiger charge is -2.09. The molecular formula is C11H9Br2ClN2S. The number of benzene rings is 1. The van der Waals surface area contributed by atoms with E-state index in [0.29, 0.717) is 4.47 Å². The highest BCUT2D eigenvalue weighted by Gasteiger charge is 2.05. The molecular weight excluding hydrogens is 387 g/mol. The van der Waals surface area contributed by atoms with E-state index in [4.69, 9.17) is 11.6 Å². The monoisotopic (exact) mass is 394 g/mol. The van der Waals surface area contributed by atoms with Crippen LogP contribution in [0.4, 0.5) is 5.69 Å². The molecule has 2 rings (SSSR count). The summed E-state index contributed by atoms with van der Waals surface area (Å²) in [5.41, 5.74) is 2.26. The van der Waals surface area contributed by atoms with E-state index in [1.807, 2.05) is 6.07 Å². The van der Waals surface area contributed by atoms with Crippen molar-refractivity contribution in [1.82, 2.24) is 4.98 Å². The molecule has 1 heterocycles. The summed E-state index contributed by atoms with van der Waals surface area (Å²) in [5.74, 6) is 0. The third kappa shape index (κ3) is 3.44. The van der Waals surface area contributed by atoms with Gasteiger partial charge in [-0.05, 0) is 40.5 Å². The van der Waals surface area contributed by atoms with Crippen molar-refractivity contribution >= 4 is 60.5 Å². The van der Waals surface area contributed by atoms with E-state index >= 15 is 0 Å². The van der Waals surface area contributed by atoms with Gasteiger partial charge in [0.1, 0.15) is 0 Å². The van der Waals surface area contributed by atoms with E-state index in [0.717, 1.165) is 26.1 Å². The fourth-order valence-electron chi connectivity index (χ4n) is 1.34. The first kappa shape index (κ1) is 13.3. The minimum Gasteiger partial charge on any atom is -0.379 e. The van der Waals surface area contributed by atoms with E-state index in [1.165, 1.54) is 16.9 Å². The SMILES string of the molecule is Cc1cc(NCc2cnc(Cl)s2)c(Br)cc1Br. The van der Waals surface area contributed by atoms with E-state index in [9.17, 15) is 0 Å². The summed E-state index contributed by atoms with van der Waals surface area (Å²) >= 11 is 14.3. The van der Waals surface area contributed by atoms with Crippen LogP contribution in [0.5, 0.6) is 0 Å². The van der Waals surface area contributed by atoms with Gasteiger partial charge in [0.05, 0.1) is 6.54 Å². The molecule has 0 atom stereocenters. The number of thiazole rings is 1. The van der Waals surface area contributed by atoms with Crippen molar-refractivity contribution in [2.45, 2.75) is 13.5 Å². The van der Waals surface area contributed by atoms with Crippen LogP contribution in [0.1, 0.15) is 10.4 Å². The molecule has 0 saturated heterocycles. The smallest absolute Gasteiger partial charge is 0.183 e. The number of hydrogen-bond donors (Lipinski definition) is 1. The molecule has 0 unspecified atom stereocenters. The highest BCUT2D eigenvalue weighted by atomic mass is 79.9. The van der Waals surface area contributed by atoms with Crippen LogP contribution >= 0.6 is 54.8 Å². The van der Waals surface area contributed by atoms with Gasteiger partial charge in [-0.2, -0.15) is 0 Å². The Hall–Kier alpha value is -0.100. The van der Waals surface area contributed by atoms with Gasteiger partial charge in [0, 0.05) is 25.7 Å². The fourth-order valence-corrected chi connectivity index (χ4v) is 3.39. The minimum absolute atomic E-state index is 0.577. The number of rotatable bonds is 3. The molecule has 0 aliphatic carbocycles. The number of aromatic nitrogens is 1. The number of nitrogens with one attached hydrogen (secondary N) is 1. The molecule has 6 heteroatoms. The molecule has 0 saturated carbocycles. The van der Waals surface area contributed by atoms with Gasteiger partial charge in [-0.15, -0.1) is 11.3 Å². The lowest BCUT2D eigenvalue weighted by molar-refractivity contribution is 1.17. The maximum Gasteiger partial charge on any atom is 0.183 e. The van der Waals surface area contributed by atoms with Crippen LogP contribution in [-0.4, -0.2) is 4.98 Å². The third-order valence-corrected chi connectivity index (χ3v) is 4.85. The summed E-state index contributed by atoms with van der Waals surface area (Å²) in [6.07, 6.45) is 1.79. The van der Waals surface area contributed by atoms with Crippen molar-refractivity contribution in [3.05, 3.63) is 42.2 Å². The van der Waals surface area contributed by atoms with Gasteiger partial charge in [0.2, 0.25) is 0 Å². The molecule has 2 aromatic rings. The van der Waals surface area contributed by atoms with Crippen molar-refractivity contribution in [3.8, 4) is 0 Å². The van der Waals surface area contributed by atoms with Crippen molar-refractivity contribution in [2.75, 3.05) is 5.32 Å². The van der Waals surface area contributed by atoms with Gasteiger partial charge in [-0.25, -0.2) is 4.98 Å². The second-order valence-electron chi connectivity index (χ2n) is 3.51. The Morgan fingerprint density at radius 3 is 2.76 bits per heavy atom. The summed E-state index contributed by atoms with van der Waals surface area (Å²) in [7, 11) is 0. The summed E-state index contributed by atoms with van der Waals surface area (Å²) in [6.45, 7) is 2.79. The Balaban J connectivity index is 2.11. The van der Waals surface area contributed by atoms with E-state index in [-0.39, 0.29) is 0 Å². The number of hydrogen-bond acceptors (Lipinski definition) is 3. The average Bonchev–Trinajstić information content (AvgIpc) is 2.68. The first-order chi connectivity index (χ1) is 8.06. The van der Waals surface area contributed by atoms with Crippen LogP contribution in [0.25, 0.3) is 0 Å². The van der Waals surface area contributed by atoms with E-state index < -0.39 is 0 Å². The molecule has 0 spiro atoms. The zero-order valence-electron chi connectivity index (χ0n) is 8.93. The van der Waals surface area contributed by atoms with Crippen LogP contribution in [-0.2, 0) is 6.54 Å². The van der Waals surface area contributed by atoms with E-state index in [2.05, 4.69) is 55.2 Å². The van der Waals surface area contributed by atoms with Gasteiger partial charge >= 0.3 is 0 Å². The highest BCUT2D eigenvalue weighted by Crippen LogP contribution is 2.30. The second-order valence-corrected chi connectivity index (χ2v) is 6.92. The summed E-state index contributed by atoms with van der Waals surface area (Å²) < 4.78 is 2.70. The molecule has 1 aromatic heterocycles. The largest absolute Gasteiger partial charge is 0.379 e. The molecule has 1 N–H and O–H groups in total. The number of aryl methyl sites for hydroxylation is 1. The van der Waals surface area contributed by atoms with Crippen molar-refractivity contribution in [1.29, 1.82) is 0 Å². The van der Waals surface area contributed by atoms with Crippen LogP contribution in [0.3, 0.4) is 0 Å². The summed E-state index contributed by atoms with van der Waals surface area (Å²) in [5, 5.41) is 3.35. The molecule has 2 nitrogen and oxygen atoms in total. The van der Waals surface area contributed by atoms with Crippen LogP contribution in [0.15, 0.2) is 27.3 Å². The minimum atomic E-state index is 0.577. The standard InChI is InChI=1S/C11H9Br2ClN2S/c1-6-2-10(9(13)3-8(6)12)15-4-7-5-16-11(14)17-7/h2-3,5,15H,4H2,1H3. The first-order valence-corrected chi connectivity index (χ1v) is 7.64. The zero-order valence-corrected chi connectivity index (χ0v) is 13.7. The summed E-state index contributed by atoms with van der Waals surface area (Å²) in [4.78, 5) is 5.12. The van der Waals surface area contributed by atoms with Crippen molar-refractivity contribution in [3.63, 3.8) is 0 Å². The third-order valence-electron chi connectivity index (χ3n) is 2.23. The molecule has 17 heavy (non-hydrogen) atoms. The van der Waals surface area contributed by atoms with Gasteiger partial charge in [0.25, 0.3) is 0 Å². The quantitative estimate of drug-likeness (QED) is 0.767. The van der Waals surface area contributed by atoms with Gasteiger partial charge in [-0.1, -0.05) is 27.5 Å². The predicted octanol–water partition coefficient (Wildman–Crippen LogP) is 5.24. The fraction of sp³-hybridized carbons (Fsp3) is 0.182. The Morgan fingerprint density at radius 2 is 2.12 bits per heavy atom. The topological polar surface area (TPSA) is 24.9 Å². The molecule has 0 aliphatic heterocycles. The van der Waals surface area contributed by atoms with E-state index in [1.54, 1.807) is 6.20 Å². The number of halogens is 3. The Kier molecular flexibility index (Phi) is 4.47. The normalized spacial score (nSPS) is 10.6. The molecule has 0 radical (unpaired) electrons. The lowest BCUT2D eigenvalue weighted by atomic mass is 10.2. The van der Waals surface area contributed by atoms with Crippen LogP contribution < -0.4 is 5.32 Å². The van der Waals surface area contributed by atoms with Gasteiger partial charge < -0.3 is 5.32 Å². The van der Waals surface area contributed by atoms with Crippen molar-refractivity contribution in [2.24, 2.45) is 0 Å². The molecule has 0 fully saturated rings. The van der Waals surface area contributed by atoms with Gasteiger partial charge in [-0.3, -0.25) is 0 Å². The average molecular weight is 397 g/mol. The van der Waals surface area contributed by atoms with Crippen molar-refractivity contribution < 1.29 is 0 Å². The summed E-state index contributed by atoms with van der Waals surface area (Å²) in [6, 6.07) is 4.13. The molecule has 1 aromatic carbocycles. The van der Waals surface area contributed by atoms with Crippen LogP contribution in [0, 0.1) is 6.92 Å². The second kappa shape index (κ2) is 5.69. The maximum absolute atomic E-state index is 5.78. The Morgan fingerprint density at radius 1 is 1.35 bits per heavy atom. The van der Waals surface area contributed by atoms with Gasteiger partial charge in [0.15, 0.2) is 4.47 Å². The Labute approximate surface area is 126 Å². The molecule has 0 amide bonds. The number of anilines is 1. The molecule has 0 aliphatic rings. The highest BCUT2D eigenvalue weighted by molar-refractivity contribution is 9.11. The van der Waals surface area contributed by atoms with Crippen LogP contribution in [0.2, 0.25) is 4.47 Å². The Bertz CT molecular complexity index is 542. The molecule has 90 valence electrons. The number of nitrogens with zero attached hydrogens (tertiary/aromatic N) is 1. The lowest BCUT2D eigenvalue weighted by Crippen LogP contribution is -1.98. The molecule has 0 bridgehead atoms. The maximum atomic E-state index is 5.78. The zero-order chi connectivity index (χ0) is 12.4.